The van der Waals surface area contributed by atoms with Crippen LogP contribution < -0.4 is 10.1 Å². The number of benzene rings is 1. The number of aryl methyl sites for hydroxylation is 1. The van der Waals surface area contributed by atoms with Crippen LogP contribution in [0.15, 0.2) is 24.5 Å². The summed E-state index contributed by atoms with van der Waals surface area (Å²) in [6, 6.07) is 4.41. The van der Waals surface area contributed by atoms with Crippen LogP contribution in [-0.4, -0.2) is 57.6 Å². The van der Waals surface area contributed by atoms with Crippen LogP contribution in [0.5, 0.6) is 5.75 Å². The van der Waals surface area contributed by atoms with Crippen molar-refractivity contribution in [2.45, 2.75) is 76.9 Å². The number of carbonyl (C=O) groups is 1. The summed E-state index contributed by atoms with van der Waals surface area (Å²) in [5.41, 5.74) is 1.48. The SMILES string of the molecule is Cc1c(C(=O)CCCCN2CCCC2)sc2ncnc(Nc3ccc(F)cc3OC3CCC(O)CC3)c12. The second kappa shape index (κ2) is 11.8. The maximum absolute atomic E-state index is 14.1. The average Bonchev–Trinajstić information content (AvgIpc) is 3.53. The number of unbranched alkanes of at least 4 members (excludes halogenated alkanes) is 1. The van der Waals surface area contributed by atoms with Gasteiger partial charge in [-0.3, -0.25) is 4.79 Å². The van der Waals surface area contributed by atoms with E-state index in [1.54, 1.807) is 6.07 Å². The number of fused-ring (bicyclic) bond motifs is 1. The van der Waals surface area contributed by atoms with Gasteiger partial charge in [-0.15, -0.1) is 11.3 Å². The zero-order valence-electron chi connectivity index (χ0n) is 21.3. The number of hydrogen-bond acceptors (Lipinski definition) is 8. The van der Waals surface area contributed by atoms with E-state index in [-0.39, 0.29) is 23.8 Å². The van der Waals surface area contributed by atoms with Gasteiger partial charge in [-0.1, -0.05) is 0 Å². The van der Waals surface area contributed by atoms with Crippen LogP contribution in [-0.2, 0) is 0 Å². The van der Waals surface area contributed by atoms with Gasteiger partial charge in [-0.25, -0.2) is 14.4 Å². The van der Waals surface area contributed by atoms with Crippen LogP contribution in [0.3, 0.4) is 0 Å². The predicted molar refractivity (Wildman–Crippen MR) is 145 cm³/mol. The molecule has 1 saturated carbocycles. The largest absolute Gasteiger partial charge is 0.488 e. The quantitative estimate of drug-likeness (QED) is 0.247. The summed E-state index contributed by atoms with van der Waals surface area (Å²) in [5, 5.41) is 13.9. The minimum absolute atomic E-state index is 0.0752. The molecule has 0 bridgehead atoms. The van der Waals surface area contributed by atoms with Gasteiger partial charge in [0.25, 0.3) is 0 Å². The van der Waals surface area contributed by atoms with Crippen molar-refractivity contribution in [2.24, 2.45) is 0 Å². The summed E-state index contributed by atoms with van der Waals surface area (Å²) >= 11 is 1.41. The molecule has 2 aromatic heterocycles. The summed E-state index contributed by atoms with van der Waals surface area (Å²) < 4.78 is 20.3. The molecule has 3 heterocycles. The predicted octanol–water partition coefficient (Wildman–Crippen LogP) is 6.01. The lowest BCUT2D eigenvalue weighted by molar-refractivity contribution is 0.0668. The van der Waals surface area contributed by atoms with Crippen molar-refractivity contribution in [1.82, 2.24) is 14.9 Å². The standard InChI is InChI=1S/C28H35FN4O3S/c1-18-25-27(32-22-12-7-19(29)16-24(22)36-21-10-8-20(34)9-11-21)30-17-31-28(25)37-26(18)23(35)6-2-3-13-33-14-4-5-15-33/h7,12,16-17,20-21,34H,2-6,8-11,13-15H2,1H3,(H,30,31,32). The highest BCUT2D eigenvalue weighted by Crippen LogP contribution is 2.38. The van der Waals surface area contributed by atoms with E-state index in [1.165, 1.54) is 55.7 Å². The highest BCUT2D eigenvalue weighted by atomic mass is 32.1. The first-order valence-electron chi connectivity index (χ1n) is 13.4. The molecule has 1 saturated heterocycles. The lowest BCUT2D eigenvalue weighted by atomic mass is 9.95. The number of likely N-dealkylation sites (tertiary alicyclic amines) is 1. The number of rotatable bonds is 10. The molecule has 1 aromatic carbocycles. The van der Waals surface area contributed by atoms with Gasteiger partial charge in [0, 0.05) is 12.5 Å². The van der Waals surface area contributed by atoms with Crippen LogP contribution >= 0.6 is 11.3 Å². The molecule has 0 amide bonds. The van der Waals surface area contributed by atoms with E-state index in [0.29, 0.717) is 36.5 Å². The van der Waals surface area contributed by atoms with E-state index in [1.807, 2.05) is 6.92 Å². The normalized spacial score (nSPS) is 20.4. The maximum atomic E-state index is 14.1. The third kappa shape index (κ3) is 6.27. The Balaban J connectivity index is 1.31. The number of aliphatic hydroxyl groups excluding tert-OH is 1. The lowest BCUT2D eigenvalue weighted by Gasteiger charge is -2.27. The topological polar surface area (TPSA) is 87.6 Å². The minimum atomic E-state index is -0.381. The Kier molecular flexibility index (Phi) is 8.32. The Hall–Kier alpha value is -2.62. The molecule has 3 aromatic rings. The van der Waals surface area contributed by atoms with Gasteiger partial charge in [-0.05, 0) is 95.6 Å². The van der Waals surface area contributed by atoms with Crippen molar-refractivity contribution in [2.75, 3.05) is 25.0 Å². The number of ketones is 1. The molecule has 2 N–H and O–H groups in total. The maximum Gasteiger partial charge on any atom is 0.173 e. The monoisotopic (exact) mass is 526 g/mol. The molecule has 7 nitrogen and oxygen atoms in total. The van der Waals surface area contributed by atoms with Crippen LogP contribution in [0.4, 0.5) is 15.9 Å². The molecule has 9 heteroatoms. The van der Waals surface area contributed by atoms with E-state index in [2.05, 4.69) is 20.2 Å². The van der Waals surface area contributed by atoms with E-state index in [0.717, 1.165) is 52.9 Å². The first kappa shape index (κ1) is 26.0. The number of ether oxygens (including phenoxy) is 1. The van der Waals surface area contributed by atoms with E-state index < -0.39 is 0 Å². The molecule has 0 spiro atoms. The molecule has 0 radical (unpaired) electrons. The van der Waals surface area contributed by atoms with Gasteiger partial charge in [-0.2, -0.15) is 0 Å². The molecule has 2 aliphatic rings. The average molecular weight is 527 g/mol. The molecule has 5 rings (SSSR count). The molecule has 1 aliphatic carbocycles. The van der Waals surface area contributed by atoms with Gasteiger partial charge < -0.3 is 20.1 Å². The van der Waals surface area contributed by atoms with Crippen LogP contribution in [0, 0.1) is 12.7 Å². The number of thiophene rings is 1. The molecule has 37 heavy (non-hydrogen) atoms. The molecular weight excluding hydrogens is 491 g/mol. The van der Waals surface area contributed by atoms with Crippen LogP contribution in [0.1, 0.15) is 73.0 Å². The van der Waals surface area contributed by atoms with Gasteiger partial charge in [0.1, 0.15) is 28.5 Å². The first-order chi connectivity index (χ1) is 18.0. The van der Waals surface area contributed by atoms with E-state index >= 15 is 0 Å². The van der Waals surface area contributed by atoms with Crippen molar-refractivity contribution in [3.05, 3.63) is 40.8 Å². The Morgan fingerprint density at radius 2 is 1.97 bits per heavy atom. The summed E-state index contributed by atoms with van der Waals surface area (Å²) in [7, 11) is 0. The number of halogens is 1. The summed E-state index contributed by atoms with van der Waals surface area (Å²) in [4.78, 5) is 25.9. The molecule has 0 unspecified atom stereocenters. The van der Waals surface area contributed by atoms with Crippen molar-refractivity contribution in [3.63, 3.8) is 0 Å². The van der Waals surface area contributed by atoms with Gasteiger partial charge in [0.15, 0.2) is 5.78 Å². The summed E-state index contributed by atoms with van der Waals surface area (Å²) in [6.45, 7) is 5.38. The second-order valence-corrected chi connectivity index (χ2v) is 11.2. The Labute approximate surface area is 221 Å². The lowest BCUT2D eigenvalue weighted by Crippen LogP contribution is -2.26. The molecule has 1 aliphatic heterocycles. The van der Waals surface area contributed by atoms with Crippen molar-refractivity contribution in [3.8, 4) is 5.75 Å². The third-order valence-corrected chi connectivity index (χ3v) is 8.68. The first-order valence-corrected chi connectivity index (χ1v) is 14.2. The van der Waals surface area contributed by atoms with Gasteiger partial charge in [0.2, 0.25) is 0 Å². The number of aliphatic hydroxyl groups is 1. The smallest absolute Gasteiger partial charge is 0.173 e. The molecule has 2 fully saturated rings. The highest BCUT2D eigenvalue weighted by molar-refractivity contribution is 7.20. The zero-order chi connectivity index (χ0) is 25.8. The summed E-state index contributed by atoms with van der Waals surface area (Å²) in [5.74, 6) is 0.754. The second-order valence-electron chi connectivity index (χ2n) is 10.2. The number of anilines is 2. The van der Waals surface area contributed by atoms with Crippen LogP contribution in [0.2, 0.25) is 0 Å². The molecule has 0 atom stereocenters. The Morgan fingerprint density at radius 3 is 2.76 bits per heavy atom. The van der Waals surface area contributed by atoms with Crippen LogP contribution in [0.25, 0.3) is 10.2 Å². The fourth-order valence-corrected chi connectivity index (χ4v) is 6.46. The van der Waals surface area contributed by atoms with E-state index in [9.17, 15) is 14.3 Å². The van der Waals surface area contributed by atoms with Gasteiger partial charge >= 0.3 is 0 Å². The fourth-order valence-electron chi connectivity index (χ4n) is 5.34. The van der Waals surface area contributed by atoms with Crippen molar-refractivity contribution < 1.29 is 19.0 Å². The fraction of sp³-hybridized carbons (Fsp3) is 0.536. The van der Waals surface area contributed by atoms with Crippen molar-refractivity contribution >= 4 is 38.8 Å². The number of aromatic nitrogens is 2. The Bertz CT molecular complexity index is 1240. The molecule has 198 valence electrons. The number of hydrogen-bond donors (Lipinski definition) is 2. The number of carbonyl (C=O) groups excluding carboxylic acids is 1. The van der Waals surface area contributed by atoms with E-state index in [4.69, 9.17) is 4.74 Å². The number of nitrogens with zero attached hydrogens (tertiary/aromatic N) is 3. The zero-order valence-corrected chi connectivity index (χ0v) is 22.2. The summed E-state index contributed by atoms with van der Waals surface area (Å²) in [6.07, 6.45) is 8.95. The number of nitrogens with one attached hydrogen (secondary N) is 1. The third-order valence-electron chi connectivity index (χ3n) is 7.44. The Morgan fingerprint density at radius 1 is 1.19 bits per heavy atom. The highest BCUT2D eigenvalue weighted by Gasteiger charge is 2.23. The number of Topliss-reactive ketones (excluding diaryl/α,β-unsaturated/α-hetero) is 1. The molecular formula is C28H35FN4O3S. The minimum Gasteiger partial charge on any atom is -0.488 e. The van der Waals surface area contributed by atoms with Gasteiger partial charge in [0.05, 0.1) is 28.2 Å². The van der Waals surface area contributed by atoms with Crippen molar-refractivity contribution in [1.29, 1.82) is 0 Å².